The fourth-order valence-corrected chi connectivity index (χ4v) is 4.02. The number of carbonyl (C=O) groups excluding carboxylic acids is 1. The minimum absolute atomic E-state index is 0.145. The Labute approximate surface area is 197 Å². The molecule has 0 bridgehead atoms. The molecule has 0 aromatic heterocycles. The van der Waals surface area contributed by atoms with Crippen LogP contribution >= 0.6 is 31.6 Å². The van der Waals surface area contributed by atoms with Crippen LogP contribution in [0.3, 0.4) is 0 Å². The lowest BCUT2D eigenvalue weighted by Crippen LogP contribution is -2.10. The van der Waals surface area contributed by atoms with Gasteiger partial charge < -0.3 is 18.5 Å². The van der Waals surface area contributed by atoms with Crippen LogP contribution in [-0.2, 0) is 20.0 Å². The summed E-state index contributed by atoms with van der Waals surface area (Å²) >= 11 is 11.8. The first-order chi connectivity index (χ1) is 15.5. The number of nitrogens with zero attached hydrogens (tertiary/aromatic N) is 1. The Morgan fingerprint density at radius 2 is 1.67 bits per heavy atom. The first-order valence-electron chi connectivity index (χ1n) is 9.20. The minimum atomic E-state index is -4.68. The van der Waals surface area contributed by atoms with E-state index in [1.165, 1.54) is 0 Å². The van der Waals surface area contributed by atoms with Gasteiger partial charge in [0.1, 0.15) is 11.3 Å². The lowest BCUT2D eigenvalue weighted by molar-refractivity contribution is -0.385. The van der Waals surface area contributed by atoms with E-state index in [0.717, 1.165) is 18.2 Å². The maximum Gasteiger partial charge on any atom is 0.416 e. The number of alkyl halides is 3. The molecule has 2 aromatic rings. The number of benzene rings is 2. The normalized spacial score (nSPS) is 11.5. The van der Waals surface area contributed by atoms with Crippen molar-refractivity contribution in [2.75, 3.05) is 19.6 Å². The number of nitro groups is 1. The maximum atomic E-state index is 12.9. The van der Waals surface area contributed by atoms with Gasteiger partial charge in [0.2, 0.25) is 8.38 Å². The molecule has 0 fully saturated rings. The molecule has 0 heterocycles. The molecule has 0 radical (unpaired) electrons. The number of carbonyl (C=O) groups is 1. The molecule has 0 aliphatic carbocycles. The highest BCUT2D eigenvalue weighted by Gasteiger charge is 2.32. The quantitative estimate of drug-likeness (QED) is 0.139. The number of esters is 1. The Morgan fingerprint density at radius 1 is 1.09 bits per heavy atom. The molecule has 33 heavy (non-hydrogen) atoms. The molecular formula is C19H17Cl2F3NO7P. The van der Waals surface area contributed by atoms with Crippen LogP contribution in [-0.4, -0.2) is 30.5 Å². The summed E-state index contributed by atoms with van der Waals surface area (Å²) in [7, 11) is -1.55. The van der Waals surface area contributed by atoms with Gasteiger partial charge in [-0.2, -0.15) is 13.2 Å². The summed E-state index contributed by atoms with van der Waals surface area (Å²) in [6, 6.07) is 4.34. The molecule has 2 rings (SSSR count). The Kier molecular flexibility index (Phi) is 9.69. The second-order valence-corrected chi connectivity index (χ2v) is 8.29. The SMILES string of the molecule is CCOP(COC(=O)c1cc(Oc2c(Cl)cc(C(F)(F)F)cc2Cl)ccc1[N+](=O)[O-])OCC. The van der Waals surface area contributed by atoms with Gasteiger partial charge in [0.25, 0.3) is 5.69 Å². The zero-order valence-electron chi connectivity index (χ0n) is 17.2. The molecular weight excluding hydrogens is 513 g/mol. The number of hydrogen-bond acceptors (Lipinski definition) is 7. The summed E-state index contributed by atoms with van der Waals surface area (Å²) in [4.78, 5) is 23.1. The van der Waals surface area contributed by atoms with Crippen molar-refractivity contribution in [2.24, 2.45) is 0 Å². The topological polar surface area (TPSA) is 97.1 Å². The van der Waals surface area contributed by atoms with Crippen molar-refractivity contribution in [1.29, 1.82) is 0 Å². The van der Waals surface area contributed by atoms with Crippen molar-refractivity contribution in [2.45, 2.75) is 20.0 Å². The van der Waals surface area contributed by atoms with Crippen LogP contribution in [0.2, 0.25) is 10.0 Å². The Balaban J connectivity index is 2.32. The lowest BCUT2D eigenvalue weighted by Gasteiger charge is -2.16. The highest BCUT2D eigenvalue weighted by Crippen LogP contribution is 2.42. The van der Waals surface area contributed by atoms with Gasteiger partial charge >= 0.3 is 12.1 Å². The summed E-state index contributed by atoms with van der Waals surface area (Å²) in [6.45, 7) is 4.06. The molecule has 0 spiro atoms. The van der Waals surface area contributed by atoms with E-state index in [1.807, 2.05) is 0 Å². The fourth-order valence-electron chi connectivity index (χ4n) is 2.43. The zero-order chi connectivity index (χ0) is 24.8. The van der Waals surface area contributed by atoms with Gasteiger partial charge in [0, 0.05) is 12.1 Å². The van der Waals surface area contributed by atoms with Crippen LogP contribution < -0.4 is 4.74 Å². The largest absolute Gasteiger partial charge is 0.454 e. The second kappa shape index (κ2) is 11.8. The van der Waals surface area contributed by atoms with E-state index in [1.54, 1.807) is 13.8 Å². The molecule has 0 saturated carbocycles. The number of nitro benzene ring substituents is 1. The lowest BCUT2D eigenvalue weighted by atomic mass is 10.1. The average molecular weight is 530 g/mol. The molecule has 2 aromatic carbocycles. The number of halogens is 5. The van der Waals surface area contributed by atoms with Gasteiger partial charge in [-0.25, -0.2) is 4.79 Å². The van der Waals surface area contributed by atoms with E-state index in [9.17, 15) is 28.1 Å². The van der Waals surface area contributed by atoms with E-state index in [4.69, 9.17) is 41.7 Å². The molecule has 0 unspecified atom stereocenters. The van der Waals surface area contributed by atoms with E-state index >= 15 is 0 Å². The molecule has 0 aliphatic heterocycles. The number of ether oxygens (including phenoxy) is 2. The third kappa shape index (κ3) is 7.41. The Hall–Kier alpha value is -2.17. The summed E-state index contributed by atoms with van der Waals surface area (Å²) in [5.74, 6) is -1.52. The molecule has 14 heteroatoms. The monoisotopic (exact) mass is 529 g/mol. The van der Waals surface area contributed by atoms with Crippen LogP contribution in [0, 0.1) is 10.1 Å². The van der Waals surface area contributed by atoms with Gasteiger partial charge in [-0.05, 0) is 32.0 Å². The van der Waals surface area contributed by atoms with Crippen LogP contribution in [0.1, 0.15) is 29.8 Å². The highest BCUT2D eigenvalue weighted by atomic mass is 35.5. The van der Waals surface area contributed by atoms with Gasteiger partial charge in [0.05, 0.1) is 33.7 Å². The van der Waals surface area contributed by atoms with E-state index in [-0.39, 0.29) is 17.8 Å². The van der Waals surface area contributed by atoms with E-state index in [0.29, 0.717) is 25.3 Å². The van der Waals surface area contributed by atoms with E-state index < -0.39 is 52.3 Å². The molecule has 0 N–H and O–H groups in total. The van der Waals surface area contributed by atoms with Crippen LogP contribution in [0.15, 0.2) is 30.3 Å². The van der Waals surface area contributed by atoms with Gasteiger partial charge in [-0.3, -0.25) is 10.1 Å². The van der Waals surface area contributed by atoms with Crippen molar-refractivity contribution in [3.8, 4) is 11.5 Å². The van der Waals surface area contributed by atoms with Crippen LogP contribution in [0.4, 0.5) is 18.9 Å². The molecule has 8 nitrogen and oxygen atoms in total. The predicted molar refractivity (Wildman–Crippen MR) is 115 cm³/mol. The smallest absolute Gasteiger partial charge is 0.416 e. The molecule has 180 valence electrons. The molecule has 0 saturated heterocycles. The predicted octanol–water partition coefficient (Wildman–Crippen LogP) is 7.21. The first-order valence-corrected chi connectivity index (χ1v) is 11.3. The standard InChI is InChI=1S/C19H17Cl2F3NO7P/c1-3-30-33(31-4-2)10-29-18(26)13-9-12(5-6-16(13)25(27)28)32-17-14(20)7-11(8-15(17)21)19(22,23)24/h5-9H,3-4,10H2,1-2H3. The van der Waals surface area contributed by atoms with Crippen molar-refractivity contribution in [1.82, 2.24) is 0 Å². The van der Waals surface area contributed by atoms with Crippen molar-refractivity contribution < 1.29 is 41.4 Å². The van der Waals surface area contributed by atoms with Crippen molar-refractivity contribution in [3.63, 3.8) is 0 Å². The summed E-state index contributed by atoms with van der Waals surface area (Å²) in [5, 5.41) is 10.4. The summed E-state index contributed by atoms with van der Waals surface area (Å²) in [5.41, 5.74) is -2.12. The van der Waals surface area contributed by atoms with Gasteiger partial charge in [-0.1, -0.05) is 23.2 Å². The molecule has 0 aliphatic rings. The first kappa shape index (κ1) is 27.1. The third-order valence-corrected chi connectivity index (χ3v) is 5.77. The van der Waals surface area contributed by atoms with Gasteiger partial charge in [-0.15, -0.1) is 0 Å². The Morgan fingerprint density at radius 3 is 2.15 bits per heavy atom. The average Bonchev–Trinajstić information content (AvgIpc) is 2.73. The highest BCUT2D eigenvalue weighted by molar-refractivity contribution is 7.47. The third-order valence-electron chi connectivity index (χ3n) is 3.78. The van der Waals surface area contributed by atoms with Crippen LogP contribution in [0.5, 0.6) is 11.5 Å². The van der Waals surface area contributed by atoms with Crippen molar-refractivity contribution >= 4 is 43.2 Å². The van der Waals surface area contributed by atoms with E-state index in [2.05, 4.69) is 0 Å². The number of hydrogen-bond donors (Lipinski definition) is 0. The van der Waals surface area contributed by atoms with Crippen molar-refractivity contribution in [3.05, 3.63) is 61.6 Å². The zero-order valence-corrected chi connectivity index (χ0v) is 19.6. The van der Waals surface area contributed by atoms with Gasteiger partial charge in [0.15, 0.2) is 12.1 Å². The summed E-state index contributed by atoms with van der Waals surface area (Å²) in [6.07, 6.45) is -4.95. The fraction of sp³-hybridized carbons (Fsp3) is 0.316. The number of rotatable bonds is 10. The molecule has 0 atom stereocenters. The second-order valence-electron chi connectivity index (χ2n) is 6.03. The maximum absolute atomic E-state index is 12.9. The molecule has 0 amide bonds. The van der Waals surface area contributed by atoms with Crippen LogP contribution in [0.25, 0.3) is 0 Å². The summed E-state index contributed by atoms with van der Waals surface area (Å²) < 4.78 is 59.9. The minimum Gasteiger partial charge on any atom is -0.454 e. The Bertz CT molecular complexity index is 994.